The van der Waals surface area contributed by atoms with Gasteiger partial charge in [0.2, 0.25) is 0 Å². The van der Waals surface area contributed by atoms with Gasteiger partial charge in [-0.2, -0.15) is 0 Å². The molecule has 0 amide bonds. The summed E-state index contributed by atoms with van der Waals surface area (Å²) in [7, 11) is 0. The first-order chi connectivity index (χ1) is 7.19. The number of rotatable bonds is 4. The Morgan fingerprint density at radius 2 is 2.20 bits per heavy atom. The van der Waals surface area contributed by atoms with Crippen LogP contribution in [-0.4, -0.2) is 23.5 Å². The SMILES string of the molecule is CCCSC1=NC(C)C(NCC)=C(C)N1. The van der Waals surface area contributed by atoms with Crippen LogP contribution in [0, 0.1) is 0 Å². The molecule has 1 heterocycles. The molecule has 1 unspecified atom stereocenters. The van der Waals surface area contributed by atoms with Crippen molar-refractivity contribution in [2.75, 3.05) is 12.3 Å². The zero-order valence-electron chi connectivity index (χ0n) is 10.1. The van der Waals surface area contributed by atoms with Crippen molar-refractivity contribution in [3.63, 3.8) is 0 Å². The minimum absolute atomic E-state index is 0.255. The summed E-state index contributed by atoms with van der Waals surface area (Å²) >= 11 is 1.80. The van der Waals surface area contributed by atoms with Crippen LogP contribution >= 0.6 is 11.8 Å². The molecule has 0 aromatic rings. The molecule has 0 saturated heterocycles. The zero-order chi connectivity index (χ0) is 11.3. The molecule has 1 aliphatic heterocycles. The highest BCUT2D eigenvalue weighted by Crippen LogP contribution is 2.17. The van der Waals surface area contributed by atoms with E-state index < -0.39 is 0 Å². The number of likely N-dealkylation sites (N-methyl/N-ethyl adjacent to an activating group) is 1. The Kier molecular flexibility index (Phi) is 5.02. The number of hydrogen-bond donors (Lipinski definition) is 2. The van der Waals surface area contributed by atoms with Crippen LogP contribution in [0.1, 0.15) is 34.1 Å². The average Bonchev–Trinajstić information content (AvgIpc) is 2.20. The Labute approximate surface area is 96.8 Å². The van der Waals surface area contributed by atoms with Gasteiger partial charge in [-0.25, -0.2) is 0 Å². The van der Waals surface area contributed by atoms with Crippen molar-refractivity contribution < 1.29 is 0 Å². The van der Waals surface area contributed by atoms with Gasteiger partial charge in [-0.1, -0.05) is 18.7 Å². The molecule has 0 bridgehead atoms. The number of thioether (sulfide) groups is 1. The molecule has 1 atom stereocenters. The highest BCUT2D eigenvalue weighted by molar-refractivity contribution is 8.13. The topological polar surface area (TPSA) is 36.4 Å². The zero-order valence-corrected chi connectivity index (χ0v) is 10.9. The van der Waals surface area contributed by atoms with E-state index in [4.69, 9.17) is 0 Å². The van der Waals surface area contributed by atoms with Crippen molar-refractivity contribution in [2.45, 2.75) is 40.2 Å². The van der Waals surface area contributed by atoms with E-state index in [1.54, 1.807) is 11.8 Å². The Balaban J connectivity index is 2.61. The Morgan fingerprint density at radius 1 is 1.47 bits per heavy atom. The van der Waals surface area contributed by atoms with Crippen molar-refractivity contribution >= 4 is 16.9 Å². The lowest BCUT2D eigenvalue weighted by atomic mass is 10.2. The molecule has 86 valence electrons. The second-order valence-electron chi connectivity index (χ2n) is 3.65. The maximum absolute atomic E-state index is 4.62. The lowest BCUT2D eigenvalue weighted by Crippen LogP contribution is -2.34. The summed E-state index contributed by atoms with van der Waals surface area (Å²) in [4.78, 5) is 4.62. The second kappa shape index (κ2) is 6.05. The molecule has 3 nitrogen and oxygen atoms in total. The van der Waals surface area contributed by atoms with Crippen LogP contribution in [0.3, 0.4) is 0 Å². The number of amidine groups is 1. The molecule has 1 rings (SSSR count). The van der Waals surface area contributed by atoms with E-state index in [2.05, 4.69) is 43.3 Å². The number of hydrogen-bond acceptors (Lipinski definition) is 4. The third-order valence-corrected chi connectivity index (χ3v) is 3.33. The van der Waals surface area contributed by atoms with E-state index >= 15 is 0 Å². The van der Waals surface area contributed by atoms with Crippen molar-refractivity contribution in [3.05, 3.63) is 11.4 Å². The van der Waals surface area contributed by atoms with Gasteiger partial charge in [0.25, 0.3) is 0 Å². The molecule has 0 aliphatic carbocycles. The van der Waals surface area contributed by atoms with Crippen molar-refractivity contribution in [1.82, 2.24) is 10.6 Å². The van der Waals surface area contributed by atoms with Gasteiger partial charge < -0.3 is 10.6 Å². The molecule has 1 aliphatic rings. The Morgan fingerprint density at radius 3 is 2.73 bits per heavy atom. The Bertz CT molecular complexity index is 271. The van der Waals surface area contributed by atoms with Gasteiger partial charge in [-0.05, 0) is 27.2 Å². The predicted molar refractivity (Wildman–Crippen MR) is 69.2 cm³/mol. The van der Waals surface area contributed by atoms with Gasteiger partial charge in [0.05, 0.1) is 11.7 Å². The molecule has 0 fully saturated rings. The fourth-order valence-corrected chi connectivity index (χ4v) is 2.41. The number of allylic oxidation sites excluding steroid dienone is 1. The summed E-state index contributed by atoms with van der Waals surface area (Å²) in [5.74, 6) is 1.13. The fourth-order valence-electron chi connectivity index (χ4n) is 1.56. The molecule has 0 aromatic heterocycles. The lowest BCUT2D eigenvalue weighted by Gasteiger charge is -2.24. The highest BCUT2D eigenvalue weighted by Gasteiger charge is 2.17. The first kappa shape index (κ1) is 12.4. The molecular weight excluding hydrogens is 206 g/mol. The monoisotopic (exact) mass is 227 g/mol. The normalized spacial score (nSPS) is 21.1. The smallest absolute Gasteiger partial charge is 0.161 e. The first-order valence-electron chi connectivity index (χ1n) is 5.61. The minimum atomic E-state index is 0.255. The largest absolute Gasteiger partial charge is 0.385 e. The molecule has 0 spiro atoms. The van der Waals surface area contributed by atoms with E-state index in [9.17, 15) is 0 Å². The maximum Gasteiger partial charge on any atom is 0.161 e. The third-order valence-electron chi connectivity index (χ3n) is 2.24. The summed E-state index contributed by atoms with van der Waals surface area (Å²) in [5, 5.41) is 7.77. The third kappa shape index (κ3) is 3.45. The van der Waals surface area contributed by atoms with Crippen LogP contribution in [0.15, 0.2) is 16.4 Å². The van der Waals surface area contributed by atoms with Gasteiger partial charge in [-0.15, -0.1) is 0 Å². The first-order valence-corrected chi connectivity index (χ1v) is 6.59. The van der Waals surface area contributed by atoms with Crippen LogP contribution in [0.5, 0.6) is 0 Å². The molecule has 4 heteroatoms. The summed E-state index contributed by atoms with van der Waals surface area (Å²) in [5.41, 5.74) is 2.43. The summed E-state index contributed by atoms with van der Waals surface area (Å²) in [6.45, 7) is 9.49. The van der Waals surface area contributed by atoms with Gasteiger partial charge in [0, 0.05) is 18.0 Å². The van der Waals surface area contributed by atoms with E-state index in [0.29, 0.717) is 0 Å². The summed E-state index contributed by atoms with van der Waals surface area (Å²) in [6, 6.07) is 0.255. The number of nitrogens with one attached hydrogen (secondary N) is 2. The van der Waals surface area contributed by atoms with Crippen LogP contribution < -0.4 is 10.6 Å². The van der Waals surface area contributed by atoms with Crippen LogP contribution in [-0.2, 0) is 0 Å². The average molecular weight is 227 g/mol. The van der Waals surface area contributed by atoms with Crippen molar-refractivity contribution in [3.8, 4) is 0 Å². The predicted octanol–water partition coefficient (Wildman–Crippen LogP) is 2.32. The minimum Gasteiger partial charge on any atom is -0.385 e. The van der Waals surface area contributed by atoms with Crippen molar-refractivity contribution in [1.29, 1.82) is 0 Å². The van der Waals surface area contributed by atoms with Gasteiger partial charge in [0.15, 0.2) is 5.17 Å². The van der Waals surface area contributed by atoms with Crippen LogP contribution in [0.25, 0.3) is 0 Å². The van der Waals surface area contributed by atoms with Crippen LogP contribution in [0.2, 0.25) is 0 Å². The van der Waals surface area contributed by atoms with Gasteiger partial charge >= 0.3 is 0 Å². The van der Waals surface area contributed by atoms with Gasteiger partial charge in [-0.3, -0.25) is 4.99 Å². The standard InChI is InChI=1S/C11H21N3S/c1-5-7-15-11-13-8(3)10(12-6-2)9(4)14-11/h8,12H,5-7H2,1-4H3,(H,13,14). The molecule has 0 saturated carbocycles. The van der Waals surface area contributed by atoms with E-state index in [1.807, 2.05) is 0 Å². The van der Waals surface area contributed by atoms with E-state index in [0.717, 1.165) is 17.5 Å². The van der Waals surface area contributed by atoms with E-state index in [-0.39, 0.29) is 6.04 Å². The second-order valence-corrected chi connectivity index (χ2v) is 4.74. The van der Waals surface area contributed by atoms with Gasteiger partial charge in [0.1, 0.15) is 0 Å². The summed E-state index contributed by atoms with van der Waals surface area (Å²) < 4.78 is 0. The summed E-state index contributed by atoms with van der Waals surface area (Å²) in [6.07, 6.45) is 1.18. The van der Waals surface area contributed by atoms with Crippen LogP contribution in [0.4, 0.5) is 0 Å². The quantitative estimate of drug-likeness (QED) is 0.774. The van der Waals surface area contributed by atoms with E-state index in [1.165, 1.54) is 17.8 Å². The molecule has 2 N–H and O–H groups in total. The molecule has 15 heavy (non-hydrogen) atoms. The van der Waals surface area contributed by atoms with Crippen molar-refractivity contribution in [2.24, 2.45) is 4.99 Å². The fraction of sp³-hybridized carbons (Fsp3) is 0.727. The highest BCUT2D eigenvalue weighted by atomic mass is 32.2. The Hall–Kier alpha value is -0.640. The number of aliphatic imine (C=N–C) groups is 1. The number of nitrogens with zero attached hydrogens (tertiary/aromatic N) is 1. The molecule has 0 aromatic carbocycles. The molecule has 0 radical (unpaired) electrons. The lowest BCUT2D eigenvalue weighted by molar-refractivity contribution is 0.690. The molecular formula is C11H21N3S. The maximum atomic E-state index is 4.62.